The first-order valence-electron chi connectivity index (χ1n) is 7.35. The van der Waals surface area contributed by atoms with E-state index in [2.05, 4.69) is 31.2 Å². The summed E-state index contributed by atoms with van der Waals surface area (Å²) in [5.74, 6) is -0.458. The normalized spacial score (nSPS) is 12.2. The molecule has 1 N–H and O–H groups in total. The van der Waals surface area contributed by atoms with Crippen LogP contribution in [0.4, 0.5) is 5.69 Å². The van der Waals surface area contributed by atoms with Crippen molar-refractivity contribution < 1.29 is 9.53 Å². The second kappa shape index (κ2) is 6.86. The summed E-state index contributed by atoms with van der Waals surface area (Å²) in [6.45, 7) is 4.07. The van der Waals surface area contributed by atoms with Crippen LogP contribution in [0.15, 0.2) is 34.9 Å². The van der Waals surface area contributed by atoms with Crippen LogP contribution in [0.25, 0.3) is 10.9 Å². The molecule has 3 rings (SSSR count). The van der Waals surface area contributed by atoms with Crippen molar-refractivity contribution in [3.63, 3.8) is 0 Å². The van der Waals surface area contributed by atoms with Gasteiger partial charge in [-0.05, 0) is 38.1 Å². The number of esters is 1. The van der Waals surface area contributed by atoms with Crippen LogP contribution in [0.3, 0.4) is 0 Å². The van der Waals surface area contributed by atoms with Gasteiger partial charge in [0, 0.05) is 26.6 Å². The third-order valence-corrected chi connectivity index (χ3v) is 5.14. The molecule has 1 unspecified atom stereocenters. The summed E-state index contributed by atoms with van der Waals surface area (Å²) in [4.78, 5) is 21.9. The maximum absolute atomic E-state index is 11.9. The molecule has 0 bridgehead atoms. The third-order valence-electron chi connectivity index (χ3n) is 3.55. The highest BCUT2D eigenvalue weighted by molar-refractivity contribution is 9.10. The first-order valence-corrected chi connectivity index (χ1v) is 8.96. The molecule has 2 heterocycles. The molecule has 0 saturated carbocycles. The number of aryl methyl sites for hydroxylation is 1. The molecule has 0 aliphatic carbocycles. The van der Waals surface area contributed by atoms with Gasteiger partial charge in [0.25, 0.3) is 0 Å². The summed E-state index contributed by atoms with van der Waals surface area (Å²) in [5, 5.41) is 5.36. The average molecular weight is 406 g/mol. The molecule has 1 atom stereocenters. The number of thiazole rings is 1. The maximum Gasteiger partial charge on any atom is 0.356 e. The fourth-order valence-electron chi connectivity index (χ4n) is 2.39. The molecule has 5 nitrogen and oxygen atoms in total. The van der Waals surface area contributed by atoms with Crippen LogP contribution in [0.5, 0.6) is 0 Å². The number of nitrogens with zero attached hydrogens (tertiary/aromatic N) is 2. The number of benzene rings is 1. The number of hydrogen-bond acceptors (Lipinski definition) is 6. The molecule has 124 valence electrons. The Morgan fingerprint density at radius 3 is 2.83 bits per heavy atom. The summed E-state index contributed by atoms with van der Waals surface area (Å²) < 4.78 is 5.76. The fourth-order valence-corrected chi connectivity index (χ4v) is 3.53. The Morgan fingerprint density at radius 1 is 1.38 bits per heavy atom. The van der Waals surface area contributed by atoms with Crippen LogP contribution in [0, 0.1) is 6.92 Å². The van der Waals surface area contributed by atoms with E-state index in [1.54, 1.807) is 17.4 Å². The van der Waals surface area contributed by atoms with E-state index in [1.807, 2.05) is 38.2 Å². The topological polar surface area (TPSA) is 64.1 Å². The molecular formula is C17H16BrN3O2S. The number of ether oxygens (including phenoxy) is 1. The van der Waals surface area contributed by atoms with Gasteiger partial charge in [0.15, 0.2) is 5.69 Å². The van der Waals surface area contributed by atoms with E-state index in [4.69, 9.17) is 4.74 Å². The number of pyridine rings is 1. The zero-order chi connectivity index (χ0) is 17.3. The van der Waals surface area contributed by atoms with Crippen LogP contribution in [0.1, 0.15) is 33.3 Å². The quantitative estimate of drug-likeness (QED) is 0.635. The Balaban J connectivity index is 2.06. The van der Waals surface area contributed by atoms with Crippen LogP contribution < -0.4 is 5.32 Å². The van der Waals surface area contributed by atoms with E-state index in [0.717, 1.165) is 30.9 Å². The molecule has 24 heavy (non-hydrogen) atoms. The van der Waals surface area contributed by atoms with Crippen LogP contribution in [-0.4, -0.2) is 23.0 Å². The lowest BCUT2D eigenvalue weighted by Crippen LogP contribution is -2.10. The molecule has 0 amide bonds. The molecular weight excluding hydrogens is 390 g/mol. The SMILES string of the molecule is COC(=O)c1cc(NC(C)c2ncc(C)s2)c2cc(Br)ccc2n1. The summed E-state index contributed by atoms with van der Waals surface area (Å²) in [7, 11) is 1.35. The monoisotopic (exact) mass is 405 g/mol. The maximum atomic E-state index is 11.9. The smallest absolute Gasteiger partial charge is 0.356 e. The van der Waals surface area contributed by atoms with E-state index in [-0.39, 0.29) is 11.7 Å². The van der Waals surface area contributed by atoms with E-state index in [0.29, 0.717) is 0 Å². The number of rotatable bonds is 4. The Bertz CT molecular complexity index is 910. The predicted molar refractivity (Wildman–Crippen MR) is 99.7 cm³/mol. The van der Waals surface area contributed by atoms with Crippen molar-refractivity contribution >= 4 is 49.8 Å². The number of carbonyl (C=O) groups is 1. The van der Waals surface area contributed by atoms with Crippen LogP contribution in [-0.2, 0) is 4.74 Å². The van der Waals surface area contributed by atoms with Gasteiger partial charge in [-0.1, -0.05) is 15.9 Å². The van der Waals surface area contributed by atoms with Crippen molar-refractivity contribution in [1.82, 2.24) is 9.97 Å². The van der Waals surface area contributed by atoms with Gasteiger partial charge in [-0.15, -0.1) is 11.3 Å². The summed E-state index contributed by atoms with van der Waals surface area (Å²) in [6.07, 6.45) is 1.86. The molecule has 1 aromatic carbocycles. The van der Waals surface area contributed by atoms with Crippen molar-refractivity contribution in [1.29, 1.82) is 0 Å². The van der Waals surface area contributed by atoms with Crippen molar-refractivity contribution in [3.8, 4) is 0 Å². The Labute approximate surface area is 152 Å². The number of methoxy groups -OCH3 is 1. The highest BCUT2D eigenvalue weighted by Crippen LogP contribution is 2.30. The van der Waals surface area contributed by atoms with Gasteiger partial charge >= 0.3 is 5.97 Å². The second-order valence-electron chi connectivity index (χ2n) is 5.38. The van der Waals surface area contributed by atoms with E-state index in [9.17, 15) is 4.79 Å². The average Bonchev–Trinajstić information content (AvgIpc) is 3.01. The van der Waals surface area contributed by atoms with E-state index < -0.39 is 5.97 Å². The van der Waals surface area contributed by atoms with Gasteiger partial charge in [-0.25, -0.2) is 14.8 Å². The number of anilines is 1. The first-order chi connectivity index (χ1) is 11.5. The molecule has 3 aromatic rings. The van der Waals surface area contributed by atoms with Gasteiger partial charge in [-0.2, -0.15) is 0 Å². The molecule has 0 aliphatic heterocycles. The van der Waals surface area contributed by atoms with Crippen molar-refractivity contribution in [2.75, 3.05) is 12.4 Å². The number of fused-ring (bicyclic) bond motifs is 1. The van der Waals surface area contributed by atoms with Crippen LogP contribution >= 0.6 is 27.3 Å². The molecule has 0 fully saturated rings. The van der Waals surface area contributed by atoms with E-state index >= 15 is 0 Å². The Morgan fingerprint density at radius 2 is 2.17 bits per heavy atom. The first kappa shape index (κ1) is 16.9. The molecule has 0 spiro atoms. The molecule has 0 saturated heterocycles. The highest BCUT2D eigenvalue weighted by atomic mass is 79.9. The second-order valence-corrected chi connectivity index (χ2v) is 7.57. The number of nitrogens with one attached hydrogen (secondary N) is 1. The van der Waals surface area contributed by atoms with Crippen molar-refractivity contribution in [3.05, 3.63) is 50.5 Å². The number of aromatic nitrogens is 2. The number of halogens is 1. The molecule has 0 aliphatic rings. The standard InChI is InChI=1S/C17H16BrN3O2S/c1-9-8-19-16(24-9)10(2)20-14-7-15(17(22)23-3)21-13-5-4-11(18)6-12(13)14/h4-8,10H,1-3H3,(H,20,21). The van der Waals surface area contributed by atoms with Gasteiger partial charge in [0.1, 0.15) is 5.01 Å². The molecule has 7 heteroatoms. The minimum Gasteiger partial charge on any atom is -0.464 e. The number of carbonyl (C=O) groups excluding carboxylic acids is 1. The zero-order valence-electron chi connectivity index (χ0n) is 13.5. The molecule has 2 aromatic heterocycles. The van der Waals surface area contributed by atoms with Gasteiger partial charge in [0.05, 0.1) is 18.7 Å². The van der Waals surface area contributed by atoms with Crippen molar-refractivity contribution in [2.24, 2.45) is 0 Å². The predicted octanol–water partition coefficient (Wildman–Crippen LogP) is 4.72. The lowest BCUT2D eigenvalue weighted by atomic mass is 10.1. The highest BCUT2D eigenvalue weighted by Gasteiger charge is 2.16. The largest absolute Gasteiger partial charge is 0.464 e. The minimum absolute atomic E-state index is 0.0128. The Kier molecular flexibility index (Phi) is 4.82. The van der Waals surface area contributed by atoms with Crippen LogP contribution in [0.2, 0.25) is 0 Å². The van der Waals surface area contributed by atoms with Gasteiger partial charge < -0.3 is 10.1 Å². The summed E-state index contributed by atoms with van der Waals surface area (Å²) >= 11 is 5.13. The zero-order valence-corrected chi connectivity index (χ0v) is 15.9. The van der Waals surface area contributed by atoms with E-state index in [1.165, 1.54) is 7.11 Å². The minimum atomic E-state index is -0.458. The fraction of sp³-hybridized carbons (Fsp3) is 0.235. The summed E-state index contributed by atoms with van der Waals surface area (Å²) in [5.41, 5.74) is 1.82. The number of hydrogen-bond donors (Lipinski definition) is 1. The Hall–Kier alpha value is -1.99. The lowest BCUT2D eigenvalue weighted by Gasteiger charge is -2.16. The lowest BCUT2D eigenvalue weighted by molar-refractivity contribution is 0.0594. The summed E-state index contributed by atoms with van der Waals surface area (Å²) in [6, 6.07) is 7.48. The molecule has 0 radical (unpaired) electrons. The third kappa shape index (κ3) is 3.42. The van der Waals surface area contributed by atoms with Gasteiger partial charge in [0.2, 0.25) is 0 Å². The van der Waals surface area contributed by atoms with Gasteiger partial charge in [-0.3, -0.25) is 0 Å². The van der Waals surface area contributed by atoms with Crippen molar-refractivity contribution in [2.45, 2.75) is 19.9 Å².